The van der Waals surface area contributed by atoms with Gasteiger partial charge in [0.2, 0.25) is 0 Å². The second-order valence-electron chi connectivity index (χ2n) is 8.45. The van der Waals surface area contributed by atoms with Crippen LogP contribution in [0, 0.1) is 0 Å². The topological polar surface area (TPSA) is 44.8 Å². The van der Waals surface area contributed by atoms with Crippen LogP contribution in [0.1, 0.15) is 19.3 Å². The monoisotopic (exact) mass is 441 g/mol. The second kappa shape index (κ2) is 7.60. The van der Waals surface area contributed by atoms with Gasteiger partial charge in [0, 0.05) is 17.7 Å². The van der Waals surface area contributed by atoms with Crippen LogP contribution in [-0.2, 0) is 0 Å². The molecule has 1 atom stereocenters. The predicted molar refractivity (Wildman–Crippen MR) is 130 cm³/mol. The molecule has 0 saturated carbocycles. The first kappa shape index (κ1) is 19.8. The smallest absolute Gasteiger partial charge is 0.411 e. The fourth-order valence-corrected chi connectivity index (χ4v) is 7.16. The van der Waals surface area contributed by atoms with Crippen molar-refractivity contribution in [3.63, 3.8) is 0 Å². The molecule has 0 spiro atoms. The van der Waals surface area contributed by atoms with E-state index in [9.17, 15) is 4.89 Å². The van der Waals surface area contributed by atoms with E-state index in [1.807, 2.05) is 59.3 Å². The highest BCUT2D eigenvalue weighted by atomic mass is 31.2. The quantitative estimate of drug-likeness (QED) is 0.269. The third kappa shape index (κ3) is 3.02. The molecule has 1 saturated heterocycles. The summed E-state index contributed by atoms with van der Waals surface area (Å²) in [6, 6.07) is 24.5. The van der Waals surface area contributed by atoms with Crippen molar-refractivity contribution >= 4 is 29.6 Å². The van der Waals surface area contributed by atoms with Gasteiger partial charge in [0.05, 0.1) is 6.04 Å². The summed E-state index contributed by atoms with van der Waals surface area (Å²) < 4.78 is 14.7. The molecule has 4 aromatic rings. The van der Waals surface area contributed by atoms with Crippen LogP contribution in [0.15, 0.2) is 85.5 Å². The van der Waals surface area contributed by atoms with Gasteiger partial charge in [0.25, 0.3) is 0 Å². The van der Waals surface area contributed by atoms with Crippen LogP contribution in [0.5, 0.6) is 11.5 Å². The summed E-state index contributed by atoms with van der Waals surface area (Å²) in [6.45, 7) is 4.57. The van der Waals surface area contributed by atoms with Gasteiger partial charge in [-0.2, -0.15) is 0 Å². The minimum Gasteiger partial charge on any atom is -0.601 e. The molecule has 0 amide bonds. The second-order valence-corrected chi connectivity index (χ2v) is 10.3. The summed E-state index contributed by atoms with van der Waals surface area (Å²) >= 11 is 0. The Bertz CT molecular complexity index is 1260. The van der Waals surface area contributed by atoms with Gasteiger partial charge in [-0.05, 0) is 52.9 Å². The van der Waals surface area contributed by atoms with Crippen LogP contribution in [-0.4, -0.2) is 17.3 Å². The maximum atomic E-state index is 14.4. The number of hydrogen-bond donors (Lipinski definition) is 0. The van der Waals surface area contributed by atoms with Crippen LogP contribution >= 0.6 is 8.09 Å². The molecular formula is C27H24NO3P. The van der Waals surface area contributed by atoms with Crippen molar-refractivity contribution in [2.75, 3.05) is 6.54 Å². The van der Waals surface area contributed by atoms with E-state index in [2.05, 4.69) is 30.8 Å². The summed E-state index contributed by atoms with van der Waals surface area (Å²) in [5.41, 5.74) is 1.87. The van der Waals surface area contributed by atoms with Gasteiger partial charge in [-0.15, -0.1) is 11.2 Å². The summed E-state index contributed by atoms with van der Waals surface area (Å²) in [5, 5.41) is 4.33. The minimum atomic E-state index is -3.63. The highest BCUT2D eigenvalue weighted by Gasteiger charge is 2.50. The number of fused-ring (bicyclic) bond motifs is 7. The summed E-state index contributed by atoms with van der Waals surface area (Å²) in [6.07, 6.45) is 4.56. The number of benzene rings is 4. The van der Waals surface area contributed by atoms with E-state index < -0.39 is 8.09 Å². The van der Waals surface area contributed by atoms with E-state index in [-0.39, 0.29) is 6.04 Å². The highest BCUT2D eigenvalue weighted by Crippen LogP contribution is 2.64. The lowest BCUT2D eigenvalue weighted by molar-refractivity contribution is -0.218. The molecule has 32 heavy (non-hydrogen) atoms. The third-order valence-corrected chi connectivity index (χ3v) is 8.57. The average Bonchev–Trinajstić information content (AvgIpc) is 3.23. The highest BCUT2D eigenvalue weighted by molar-refractivity contribution is 7.57. The Morgan fingerprint density at radius 3 is 2.00 bits per heavy atom. The third-order valence-electron chi connectivity index (χ3n) is 6.56. The number of nitrogens with zero attached hydrogens (tertiary/aromatic N) is 1. The van der Waals surface area contributed by atoms with Crippen LogP contribution in [0.25, 0.3) is 32.7 Å². The molecule has 6 rings (SSSR count). The molecule has 5 heteroatoms. The molecule has 0 aliphatic carbocycles. The Labute approximate surface area is 188 Å². The molecule has 2 aliphatic heterocycles. The van der Waals surface area contributed by atoms with Crippen molar-refractivity contribution in [3.05, 3.63) is 85.5 Å². The van der Waals surface area contributed by atoms with E-state index in [0.717, 1.165) is 51.9 Å². The van der Waals surface area contributed by atoms with Gasteiger partial charge in [0.1, 0.15) is 0 Å². The van der Waals surface area contributed by atoms with E-state index in [1.165, 1.54) is 0 Å². The molecule has 0 radical (unpaired) electrons. The van der Waals surface area contributed by atoms with Crippen molar-refractivity contribution in [1.82, 2.24) is 4.67 Å². The predicted octanol–water partition coefficient (Wildman–Crippen LogP) is 6.51. The van der Waals surface area contributed by atoms with Crippen molar-refractivity contribution in [2.45, 2.75) is 25.3 Å². The molecular weight excluding hydrogens is 417 g/mol. The zero-order valence-electron chi connectivity index (χ0n) is 17.7. The van der Waals surface area contributed by atoms with E-state index in [1.54, 1.807) is 0 Å². The fraction of sp³-hybridized carbons (Fsp3) is 0.185. The first-order valence-electron chi connectivity index (χ1n) is 11.1. The van der Waals surface area contributed by atoms with E-state index >= 15 is 0 Å². The first-order chi connectivity index (χ1) is 15.7. The van der Waals surface area contributed by atoms with Crippen molar-refractivity contribution in [3.8, 4) is 22.6 Å². The lowest BCUT2D eigenvalue weighted by Gasteiger charge is -2.35. The number of rotatable bonds is 3. The fourth-order valence-electron chi connectivity index (χ4n) is 5.12. The molecule has 160 valence electrons. The first-order valence-corrected chi connectivity index (χ1v) is 12.6. The Kier molecular flexibility index (Phi) is 4.69. The largest absolute Gasteiger partial charge is 0.601 e. The van der Waals surface area contributed by atoms with Gasteiger partial charge < -0.3 is 4.89 Å². The van der Waals surface area contributed by atoms with Crippen LogP contribution in [0.4, 0.5) is 0 Å². The molecule has 1 fully saturated rings. The van der Waals surface area contributed by atoms with Gasteiger partial charge in [-0.1, -0.05) is 66.7 Å². The van der Waals surface area contributed by atoms with Gasteiger partial charge in [-0.25, -0.2) is 0 Å². The van der Waals surface area contributed by atoms with Crippen molar-refractivity contribution in [2.24, 2.45) is 0 Å². The Hall–Kier alpha value is -2.91. The maximum absolute atomic E-state index is 14.4. The zero-order valence-corrected chi connectivity index (χ0v) is 18.6. The summed E-state index contributed by atoms with van der Waals surface area (Å²) in [5.74, 6) is 1.21. The molecule has 0 N–H and O–H groups in total. The molecule has 2 heterocycles. The van der Waals surface area contributed by atoms with Crippen molar-refractivity contribution in [1.29, 1.82) is 0 Å². The molecule has 1 unspecified atom stereocenters. The standard InChI is InChI=1S/C27H24NO3P/c1-2-8-21-11-7-18-28(21)32(29)30-24-16-14-19-9-3-5-12-22(19)26(24)27-23-13-6-4-10-20(23)15-17-25(27)31-32/h2-6,9-10,12-17,21H,1,7-8,11,18H2. The maximum Gasteiger partial charge on any atom is 0.411 e. The van der Waals surface area contributed by atoms with Crippen LogP contribution < -0.4 is 13.9 Å². The van der Waals surface area contributed by atoms with E-state index in [0.29, 0.717) is 18.0 Å². The Balaban J connectivity index is 1.65. The summed E-state index contributed by atoms with van der Waals surface area (Å²) in [7, 11) is -3.63. The lowest BCUT2D eigenvalue weighted by Crippen LogP contribution is -2.40. The molecule has 0 aromatic heterocycles. The molecule has 4 aromatic carbocycles. The molecule has 2 aliphatic rings. The van der Waals surface area contributed by atoms with Crippen LogP contribution in [0.3, 0.4) is 0 Å². The van der Waals surface area contributed by atoms with Gasteiger partial charge in [0.15, 0.2) is 11.5 Å². The minimum absolute atomic E-state index is 0.101. The Morgan fingerprint density at radius 2 is 1.44 bits per heavy atom. The molecule has 4 nitrogen and oxygen atoms in total. The zero-order chi connectivity index (χ0) is 21.7. The van der Waals surface area contributed by atoms with Crippen LogP contribution in [0.2, 0.25) is 0 Å². The lowest BCUT2D eigenvalue weighted by atomic mass is 9.92. The van der Waals surface area contributed by atoms with Gasteiger partial charge in [-0.3, -0.25) is 9.05 Å². The normalized spacial score (nSPS) is 19.6. The molecule has 0 bridgehead atoms. The van der Waals surface area contributed by atoms with E-state index in [4.69, 9.17) is 9.05 Å². The van der Waals surface area contributed by atoms with Gasteiger partial charge >= 0.3 is 8.09 Å². The number of hydrogen-bond acceptors (Lipinski definition) is 4. The summed E-state index contributed by atoms with van der Waals surface area (Å²) in [4.78, 5) is 14.4. The SMILES string of the molecule is C=CCC1CCCN1[P+]1([O-])Oc2ccc3ccccc3c2-c2c(ccc3ccccc23)O1. The van der Waals surface area contributed by atoms with Crippen molar-refractivity contribution < 1.29 is 13.9 Å². The Morgan fingerprint density at radius 1 is 0.875 bits per heavy atom. The average molecular weight is 441 g/mol.